The Balaban J connectivity index is 3.99. The predicted molar refractivity (Wildman–Crippen MR) is 45.0 cm³/mol. The second-order valence-electron chi connectivity index (χ2n) is 2.34. The van der Waals surface area contributed by atoms with Crippen molar-refractivity contribution in [1.29, 1.82) is 5.26 Å². The number of hydrogen-bond acceptors (Lipinski definition) is 2. The van der Waals surface area contributed by atoms with Crippen molar-refractivity contribution in [1.82, 2.24) is 10.2 Å². The molecule has 0 amide bonds. The van der Waals surface area contributed by atoms with Crippen molar-refractivity contribution in [2.45, 2.75) is 13.3 Å². The van der Waals surface area contributed by atoms with Crippen LogP contribution in [0.5, 0.6) is 0 Å². The molecule has 0 aliphatic carbocycles. The highest BCUT2D eigenvalue weighted by Crippen LogP contribution is 1.82. The molecule has 0 bridgehead atoms. The van der Waals surface area contributed by atoms with Gasteiger partial charge in [0.05, 0.1) is 0 Å². The first-order valence-corrected chi connectivity index (χ1v) is 3.59. The minimum atomic E-state index is 0.620. The van der Waals surface area contributed by atoms with Gasteiger partial charge in [-0.1, -0.05) is 6.92 Å². The predicted octanol–water partition coefficient (Wildman–Crippen LogP) is 0.385. The molecule has 0 aromatic heterocycles. The minimum Gasteiger partial charge on any atom is -0.348 e. The Morgan fingerprint density at radius 3 is 2.64 bits per heavy atom. The SMILES string of the molecule is CCCN=C(NC#N)N(C)C. The molecule has 4 heteroatoms. The summed E-state index contributed by atoms with van der Waals surface area (Å²) in [5.74, 6) is 0.620. The van der Waals surface area contributed by atoms with Crippen molar-refractivity contribution < 1.29 is 0 Å². The van der Waals surface area contributed by atoms with Gasteiger partial charge >= 0.3 is 0 Å². The van der Waals surface area contributed by atoms with Crippen LogP contribution in [0.15, 0.2) is 4.99 Å². The first kappa shape index (κ1) is 9.76. The molecule has 62 valence electrons. The number of nitriles is 1. The van der Waals surface area contributed by atoms with Gasteiger partial charge in [-0.2, -0.15) is 5.26 Å². The van der Waals surface area contributed by atoms with Crippen molar-refractivity contribution in [2.75, 3.05) is 20.6 Å². The molecule has 0 atom stereocenters. The van der Waals surface area contributed by atoms with E-state index in [1.54, 1.807) is 4.90 Å². The second-order valence-corrected chi connectivity index (χ2v) is 2.34. The van der Waals surface area contributed by atoms with Crippen LogP contribution < -0.4 is 5.32 Å². The summed E-state index contributed by atoms with van der Waals surface area (Å²) in [5, 5.41) is 10.8. The van der Waals surface area contributed by atoms with Crippen LogP contribution in [0.4, 0.5) is 0 Å². The first-order chi connectivity index (χ1) is 5.22. The first-order valence-electron chi connectivity index (χ1n) is 3.59. The van der Waals surface area contributed by atoms with Crippen LogP contribution in [0.1, 0.15) is 13.3 Å². The number of aliphatic imine (C=N–C) groups is 1. The summed E-state index contributed by atoms with van der Waals surface area (Å²) in [6.45, 7) is 2.80. The topological polar surface area (TPSA) is 51.4 Å². The number of nitrogens with zero attached hydrogens (tertiary/aromatic N) is 3. The Morgan fingerprint density at radius 2 is 2.27 bits per heavy atom. The number of rotatable bonds is 2. The van der Waals surface area contributed by atoms with Gasteiger partial charge in [0.1, 0.15) is 0 Å². The van der Waals surface area contributed by atoms with Gasteiger partial charge in [-0.3, -0.25) is 10.3 Å². The molecule has 0 heterocycles. The lowest BCUT2D eigenvalue weighted by molar-refractivity contribution is 0.597. The molecule has 0 fully saturated rings. The number of nitrogens with one attached hydrogen (secondary N) is 1. The lowest BCUT2D eigenvalue weighted by Gasteiger charge is -2.12. The largest absolute Gasteiger partial charge is 0.348 e. The van der Waals surface area contributed by atoms with Gasteiger partial charge in [-0.15, -0.1) is 0 Å². The Morgan fingerprint density at radius 1 is 1.64 bits per heavy atom. The van der Waals surface area contributed by atoms with Gasteiger partial charge in [0.25, 0.3) is 0 Å². The lowest BCUT2D eigenvalue weighted by Crippen LogP contribution is -2.33. The van der Waals surface area contributed by atoms with Crippen LogP contribution in [0.25, 0.3) is 0 Å². The summed E-state index contributed by atoms with van der Waals surface area (Å²) in [6, 6.07) is 0. The molecule has 0 aliphatic heterocycles. The van der Waals surface area contributed by atoms with E-state index in [0.29, 0.717) is 5.96 Å². The van der Waals surface area contributed by atoms with E-state index in [1.807, 2.05) is 27.2 Å². The number of hydrogen-bond donors (Lipinski definition) is 1. The molecular formula is C7H14N4. The fourth-order valence-electron chi connectivity index (χ4n) is 0.560. The van der Waals surface area contributed by atoms with Crippen molar-refractivity contribution in [3.8, 4) is 6.19 Å². The molecular weight excluding hydrogens is 140 g/mol. The standard InChI is InChI=1S/C7H14N4/c1-4-5-9-7(10-6-8)11(2)3/h4-5H2,1-3H3,(H,9,10). The molecule has 0 rings (SSSR count). The van der Waals surface area contributed by atoms with E-state index in [9.17, 15) is 0 Å². The molecule has 4 nitrogen and oxygen atoms in total. The van der Waals surface area contributed by atoms with Crippen LogP contribution in [0, 0.1) is 11.5 Å². The molecule has 0 aliphatic rings. The van der Waals surface area contributed by atoms with Crippen molar-refractivity contribution in [2.24, 2.45) is 4.99 Å². The second kappa shape index (κ2) is 5.54. The highest BCUT2D eigenvalue weighted by atomic mass is 15.3. The normalized spacial score (nSPS) is 10.5. The zero-order chi connectivity index (χ0) is 8.69. The van der Waals surface area contributed by atoms with Gasteiger partial charge in [-0.25, -0.2) is 0 Å². The van der Waals surface area contributed by atoms with Gasteiger partial charge < -0.3 is 4.90 Å². The van der Waals surface area contributed by atoms with Crippen molar-refractivity contribution in [3.05, 3.63) is 0 Å². The van der Waals surface area contributed by atoms with Gasteiger partial charge in [-0.05, 0) is 6.42 Å². The maximum absolute atomic E-state index is 8.32. The molecule has 0 unspecified atom stereocenters. The smallest absolute Gasteiger partial charge is 0.206 e. The van der Waals surface area contributed by atoms with E-state index >= 15 is 0 Å². The Kier molecular flexibility index (Phi) is 4.91. The van der Waals surface area contributed by atoms with Crippen LogP contribution in [0.2, 0.25) is 0 Å². The summed E-state index contributed by atoms with van der Waals surface area (Å²) >= 11 is 0. The number of guanidine groups is 1. The highest BCUT2D eigenvalue weighted by molar-refractivity contribution is 5.80. The van der Waals surface area contributed by atoms with Crippen molar-refractivity contribution >= 4 is 5.96 Å². The van der Waals surface area contributed by atoms with Crippen LogP contribution >= 0.6 is 0 Å². The maximum Gasteiger partial charge on any atom is 0.206 e. The Bertz CT molecular complexity index is 166. The fourth-order valence-corrected chi connectivity index (χ4v) is 0.560. The third-order valence-corrected chi connectivity index (χ3v) is 1.08. The van der Waals surface area contributed by atoms with Crippen LogP contribution in [-0.2, 0) is 0 Å². The van der Waals surface area contributed by atoms with Crippen LogP contribution in [-0.4, -0.2) is 31.5 Å². The maximum atomic E-state index is 8.32. The highest BCUT2D eigenvalue weighted by Gasteiger charge is 1.97. The summed E-state index contributed by atoms with van der Waals surface area (Å²) in [7, 11) is 3.69. The van der Waals surface area contributed by atoms with Crippen molar-refractivity contribution in [3.63, 3.8) is 0 Å². The van der Waals surface area contributed by atoms with E-state index in [2.05, 4.69) is 10.3 Å². The third-order valence-electron chi connectivity index (χ3n) is 1.08. The summed E-state index contributed by atoms with van der Waals surface area (Å²) in [5.41, 5.74) is 0. The zero-order valence-electron chi connectivity index (χ0n) is 7.26. The van der Waals surface area contributed by atoms with E-state index in [1.165, 1.54) is 0 Å². The average Bonchev–Trinajstić information content (AvgIpc) is 1.97. The van der Waals surface area contributed by atoms with E-state index in [-0.39, 0.29) is 0 Å². The Hall–Kier alpha value is -1.24. The van der Waals surface area contributed by atoms with Crippen LogP contribution in [0.3, 0.4) is 0 Å². The summed E-state index contributed by atoms with van der Waals surface area (Å²) in [6.07, 6.45) is 2.83. The average molecular weight is 154 g/mol. The molecule has 1 N–H and O–H groups in total. The molecule has 0 saturated carbocycles. The van der Waals surface area contributed by atoms with Gasteiger partial charge in [0.15, 0.2) is 6.19 Å². The Labute approximate surface area is 67.5 Å². The summed E-state index contributed by atoms with van der Waals surface area (Å²) in [4.78, 5) is 5.92. The molecule has 0 radical (unpaired) electrons. The minimum absolute atomic E-state index is 0.620. The fraction of sp³-hybridized carbons (Fsp3) is 0.714. The quantitative estimate of drug-likeness (QED) is 0.271. The van der Waals surface area contributed by atoms with Gasteiger partial charge in [0, 0.05) is 20.6 Å². The van der Waals surface area contributed by atoms with Gasteiger partial charge in [0.2, 0.25) is 5.96 Å². The molecule has 0 aromatic carbocycles. The molecule has 0 spiro atoms. The molecule has 11 heavy (non-hydrogen) atoms. The zero-order valence-corrected chi connectivity index (χ0v) is 7.26. The van der Waals surface area contributed by atoms with E-state index < -0.39 is 0 Å². The molecule has 0 aromatic rings. The lowest BCUT2D eigenvalue weighted by atomic mass is 10.5. The van der Waals surface area contributed by atoms with E-state index in [4.69, 9.17) is 5.26 Å². The monoisotopic (exact) mass is 154 g/mol. The molecule has 0 saturated heterocycles. The summed E-state index contributed by atoms with van der Waals surface area (Å²) < 4.78 is 0. The third kappa shape index (κ3) is 4.20. The van der Waals surface area contributed by atoms with E-state index in [0.717, 1.165) is 13.0 Å².